The number of benzene rings is 1. The van der Waals surface area contributed by atoms with E-state index in [1.807, 2.05) is 0 Å². The lowest BCUT2D eigenvalue weighted by Crippen LogP contribution is -2.41. The molecule has 1 saturated carbocycles. The lowest BCUT2D eigenvalue weighted by molar-refractivity contribution is 0.0932. The predicted octanol–water partition coefficient (Wildman–Crippen LogP) is 2.06. The molecule has 1 atom stereocenters. The molecule has 0 spiro atoms. The second kappa shape index (κ2) is 5.14. The number of hydrogen-bond acceptors (Lipinski definition) is 2. The van der Waals surface area contributed by atoms with E-state index in [2.05, 4.69) is 21.2 Å². The smallest absolute Gasteiger partial charge is 0.252 e. The zero-order valence-electron chi connectivity index (χ0n) is 9.25. The first-order valence-electron chi connectivity index (χ1n) is 5.58. The maximum Gasteiger partial charge on any atom is 0.252 e. The van der Waals surface area contributed by atoms with Crippen LogP contribution in [0.3, 0.4) is 0 Å². The number of halogens is 2. The highest BCUT2D eigenvalue weighted by atomic mass is 79.9. The van der Waals surface area contributed by atoms with Crippen LogP contribution in [0, 0.1) is 11.7 Å². The summed E-state index contributed by atoms with van der Waals surface area (Å²) in [4.78, 5) is 12.0. The van der Waals surface area contributed by atoms with Gasteiger partial charge in [-0.3, -0.25) is 4.79 Å². The van der Waals surface area contributed by atoms with Crippen molar-refractivity contribution in [2.24, 2.45) is 11.7 Å². The normalized spacial score (nSPS) is 16.6. The molecule has 2 rings (SSSR count). The summed E-state index contributed by atoms with van der Waals surface area (Å²) in [5, 5.41) is 2.85. The first-order chi connectivity index (χ1) is 8.13. The Morgan fingerprint density at radius 2 is 2.29 bits per heavy atom. The minimum atomic E-state index is -0.437. The van der Waals surface area contributed by atoms with E-state index in [0.717, 1.165) is 12.8 Å². The number of hydrogen-bond donors (Lipinski definition) is 2. The third-order valence-electron chi connectivity index (χ3n) is 2.96. The Kier molecular flexibility index (Phi) is 3.79. The second-order valence-electron chi connectivity index (χ2n) is 4.25. The van der Waals surface area contributed by atoms with Gasteiger partial charge in [0.25, 0.3) is 5.91 Å². The Bertz CT molecular complexity index is 435. The van der Waals surface area contributed by atoms with Crippen molar-refractivity contribution in [1.29, 1.82) is 0 Å². The number of rotatable bonds is 4. The fourth-order valence-electron chi connectivity index (χ4n) is 1.79. The molecule has 1 amide bonds. The number of nitrogens with one attached hydrogen (secondary N) is 1. The zero-order valence-corrected chi connectivity index (χ0v) is 10.8. The van der Waals surface area contributed by atoms with Crippen LogP contribution in [0.25, 0.3) is 0 Å². The van der Waals surface area contributed by atoms with Gasteiger partial charge in [0, 0.05) is 12.6 Å². The molecule has 0 bridgehead atoms. The number of nitrogens with two attached hydrogens (primary N) is 1. The molecule has 3 nitrogen and oxygen atoms in total. The van der Waals surface area contributed by atoms with E-state index in [0.29, 0.717) is 18.0 Å². The average molecular weight is 301 g/mol. The Balaban J connectivity index is 2.11. The predicted molar refractivity (Wildman–Crippen MR) is 67.1 cm³/mol. The van der Waals surface area contributed by atoms with Gasteiger partial charge in [-0.2, -0.15) is 0 Å². The van der Waals surface area contributed by atoms with Crippen molar-refractivity contribution in [3.05, 3.63) is 34.1 Å². The topological polar surface area (TPSA) is 55.1 Å². The number of carbonyl (C=O) groups is 1. The van der Waals surface area contributed by atoms with Crippen LogP contribution < -0.4 is 11.1 Å². The molecular weight excluding hydrogens is 287 g/mol. The van der Waals surface area contributed by atoms with E-state index < -0.39 is 5.82 Å². The first-order valence-corrected chi connectivity index (χ1v) is 6.37. The highest BCUT2D eigenvalue weighted by Crippen LogP contribution is 2.32. The van der Waals surface area contributed by atoms with Crippen molar-refractivity contribution in [1.82, 2.24) is 5.32 Å². The summed E-state index contributed by atoms with van der Waals surface area (Å²) in [5.41, 5.74) is 5.92. The fraction of sp³-hybridized carbons (Fsp3) is 0.417. The molecule has 0 heterocycles. The van der Waals surface area contributed by atoms with Gasteiger partial charge in [-0.1, -0.05) is 6.07 Å². The monoisotopic (exact) mass is 300 g/mol. The van der Waals surface area contributed by atoms with Gasteiger partial charge in [0.05, 0.1) is 10.0 Å². The van der Waals surface area contributed by atoms with Crippen molar-refractivity contribution < 1.29 is 9.18 Å². The maximum absolute atomic E-state index is 13.3. The average Bonchev–Trinajstić information content (AvgIpc) is 3.13. The third kappa shape index (κ3) is 2.84. The minimum Gasteiger partial charge on any atom is -0.348 e. The molecule has 5 heteroatoms. The van der Waals surface area contributed by atoms with Crippen LogP contribution in [0.1, 0.15) is 23.2 Å². The van der Waals surface area contributed by atoms with E-state index >= 15 is 0 Å². The van der Waals surface area contributed by atoms with Crippen LogP contribution in [-0.4, -0.2) is 18.5 Å². The van der Waals surface area contributed by atoms with Gasteiger partial charge in [0.1, 0.15) is 5.82 Å². The minimum absolute atomic E-state index is 0.00216. The van der Waals surface area contributed by atoms with E-state index in [-0.39, 0.29) is 16.4 Å². The molecule has 1 aromatic carbocycles. The standard InChI is InChI=1S/C12H14BrFN2O/c13-11-8(2-1-3-9(11)14)12(17)16-10(6-15)7-4-5-7/h1-3,7,10H,4-6,15H2,(H,16,17). The van der Waals surface area contributed by atoms with Crippen LogP contribution in [0.2, 0.25) is 0 Å². The summed E-state index contributed by atoms with van der Waals surface area (Å²) in [6, 6.07) is 4.41. The van der Waals surface area contributed by atoms with E-state index in [1.54, 1.807) is 6.07 Å². The van der Waals surface area contributed by atoms with Gasteiger partial charge in [-0.05, 0) is 46.8 Å². The molecular formula is C12H14BrFN2O. The van der Waals surface area contributed by atoms with Gasteiger partial charge in [0.15, 0.2) is 0 Å². The van der Waals surface area contributed by atoms with Gasteiger partial charge >= 0.3 is 0 Å². The van der Waals surface area contributed by atoms with Gasteiger partial charge in [-0.25, -0.2) is 4.39 Å². The summed E-state index contributed by atoms with van der Waals surface area (Å²) in [6.45, 7) is 0.420. The van der Waals surface area contributed by atoms with Crippen molar-refractivity contribution in [3.8, 4) is 0 Å². The number of carbonyl (C=O) groups excluding carboxylic acids is 1. The summed E-state index contributed by atoms with van der Waals surface area (Å²) >= 11 is 3.08. The van der Waals surface area contributed by atoms with Crippen molar-refractivity contribution in [2.45, 2.75) is 18.9 Å². The molecule has 0 aromatic heterocycles. The molecule has 1 aromatic rings. The molecule has 0 saturated heterocycles. The lowest BCUT2D eigenvalue weighted by atomic mass is 10.1. The highest BCUT2D eigenvalue weighted by Gasteiger charge is 2.31. The summed E-state index contributed by atoms with van der Waals surface area (Å²) in [5.74, 6) is -0.233. The summed E-state index contributed by atoms with van der Waals surface area (Å²) in [6.07, 6.45) is 2.21. The quantitative estimate of drug-likeness (QED) is 0.894. The zero-order chi connectivity index (χ0) is 12.4. The molecule has 92 valence electrons. The SMILES string of the molecule is NCC(NC(=O)c1cccc(F)c1Br)C1CC1. The molecule has 1 fully saturated rings. The van der Waals surface area contributed by atoms with Crippen LogP contribution in [-0.2, 0) is 0 Å². The Morgan fingerprint density at radius 1 is 1.59 bits per heavy atom. The van der Waals surface area contributed by atoms with E-state index in [9.17, 15) is 9.18 Å². The lowest BCUT2D eigenvalue weighted by Gasteiger charge is -2.16. The van der Waals surface area contributed by atoms with Gasteiger partial charge in [-0.15, -0.1) is 0 Å². The van der Waals surface area contributed by atoms with E-state index in [1.165, 1.54) is 12.1 Å². The van der Waals surface area contributed by atoms with E-state index in [4.69, 9.17) is 5.73 Å². The van der Waals surface area contributed by atoms with Crippen LogP contribution in [0.15, 0.2) is 22.7 Å². The van der Waals surface area contributed by atoms with Crippen molar-refractivity contribution in [3.63, 3.8) is 0 Å². The summed E-state index contributed by atoms with van der Waals surface area (Å²) < 4.78 is 13.5. The Hall–Kier alpha value is -0.940. The van der Waals surface area contributed by atoms with Crippen LogP contribution in [0.4, 0.5) is 4.39 Å². The molecule has 1 aliphatic rings. The van der Waals surface area contributed by atoms with Crippen molar-refractivity contribution in [2.75, 3.05) is 6.54 Å². The van der Waals surface area contributed by atoms with Gasteiger partial charge in [0.2, 0.25) is 0 Å². The highest BCUT2D eigenvalue weighted by molar-refractivity contribution is 9.10. The largest absolute Gasteiger partial charge is 0.348 e. The van der Waals surface area contributed by atoms with Crippen molar-refractivity contribution >= 4 is 21.8 Å². The first kappa shape index (κ1) is 12.5. The molecule has 1 unspecified atom stereocenters. The second-order valence-corrected chi connectivity index (χ2v) is 5.05. The Labute approximate surface area is 108 Å². The Morgan fingerprint density at radius 3 is 2.88 bits per heavy atom. The van der Waals surface area contributed by atoms with Crippen LogP contribution in [0.5, 0.6) is 0 Å². The third-order valence-corrected chi connectivity index (χ3v) is 3.76. The molecule has 1 aliphatic carbocycles. The molecule has 3 N–H and O–H groups in total. The van der Waals surface area contributed by atoms with Crippen LogP contribution >= 0.6 is 15.9 Å². The van der Waals surface area contributed by atoms with Gasteiger partial charge < -0.3 is 11.1 Å². The maximum atomic E-state index is 13.3. The number of amides is 1. The summed E-state index contributed by atoms with van der Waals surface area (Å²) in [7, 11) is 0. The molecule has 0 radical (unpaired) electrons. The molecule has 17 heavy (non-hydrogen) atoms. The molecule has 0 aliphatic heterocycles. The fourth-order valence-corrected chi connectivity index (χ4v) is 2.24.